The zero-order chi connectivity index (χ0) is 16.5. The predicted octanol–water partition coefficient (Wildman–Crippen LogP) is 4.57. The molecule has 0 bridgehead atoms. The van der Waals surface area contributed by atoms with Crippen LogP contribution in [-0.4, -0.2) is 30.5 Å². The van der Waals surface area contributed by atoms with Crippen LogP contribution in [0.25, 0.3) is 0 Å². The fourth-order valence-electron chi connectivity index (χ4n) is 3.07. The van der Waals surface area contributed by atoms with Crippen molar-refractivity contribution in [3.63, 3.8) is 0 Å². The van der Waals surface area contributed by atoms with Gasteiger partial charge in [-0.25, -0.2) is 0 Å². The lowest BCUT2D eigenvalue weighted by molar-refractivity contribution is 0.514. The Balaban J connectivity index is 1.51. The standard InChI is InChI=1S/C21H27N3/c1-3-11-19(12-4-1)13-7-8-16-22-21(24-17-9-10-18-24)23-20-14-5-2-6-15-20/h1-6,11-12,14-15H,7-10,13,16-18H2,(H,22,23). The summed E-state index contributed by atoms with van der Waals surface area (Å²) in [6.07, 6.45) is 5.99. The van der Waals surface area contributed by atoms with Crippen molar-refractivity contribution in [3.8, 4) is 0 Å². The maximum atomic E-state index is 4.86. The number of aliphatic imine (C=N–C) groups is 1. The average molecular weight is 321 g/mol. The largest absolute Gasteiger partial charge is 0.343 e. The van der Waals surface area contributed by atoms with Crippen LogP contribution in [0, 0.1) is 0 Å². The van der Waals surface area contributed by atoms with Crippen LogP contribution in [0.3, 0.4) is 0 Å². The smallest absolute Gasteiger partial charge is 0.198 e. The number of guanidine groups is 1. The van der Waals surface area contributed by atoms with Crippen molar-refractivity contribution in [1.29, 1.82) is 0 Å². The fraction of sp³-hybridized carbons (Fsp3) is 0.381. The van der Waals surface area contributed by atoms with E-state index in [0.29, 0.717) is 0 Å². The number of benzene rings is 2. The third kappa shape index (κ3) is 5.12. The third-order valence-electron chi connectivity index (χ3n) is 4.41. The molecule has 2 aromatic rings. The summed E-state index contributed by atoms with van der Waals surface area (Å²) in [7, 11) is 0. The van der Waals surface area contributed by atoms with Crippen molar-refractivity contribution in [2.24, 2.45) is 4.99 Å². The van der Waals surface area contributed by atoms with Crippen LogP contribution in [0.4, 0.5) is 5.69 Å². The van der Waals surface area contributed by atoms with E-state index >= 15 is 0 Å². The second-order valence-electron chi connectivity index (χ2n) is 6.33. The molecule has 0 saturated carbocycles. The van der Waals surface area contributed by atoms with Crippen molar-refractivity contribution < 1.29 is 0 Å². The molecule has 1 aliphatic heterocycles. The zero-order valence-electron chi connectivity index (χ0n) is 14.3. The number of nitrogens with one attached hydrogen (secondary N) is 1. The van der Waals surface area contributed by atoms with Gasteiger partial charge in [0, 0.05) is 25.3 Å². The van der Waals surface area contributed by atoms with Gasteiger partial charge in [0.05, 0.1) is 0 Å². The van der Waals surface area contributed by atoms with E-state index in [-0.39, 0.29) is 0 Å². The number of hydrogen-bond donors (Lipinski definition) is 1. The van der Waals surface area contributed by atoms with E-state index in [2.05, 4.69) is 64.8 Å². The van der Waals surface area contributed by atoms with Gasteiger partial charge >= 0.3 is 0 Å². The van der Waals surface area contributed by atoms with Crippen molar-refractivity contribution in [2.75, 3.05) is 25.0 Å². The van der Waals surface area contributed by atoms with Crippen LogP contribution >= 0.6 is 0 Å². The van der Waals surface area contributed by atoms with Crippen LogP contribution < -0.4 is 5.32 Å². The zero-order valence-corrected chi connectivity index (χ0v) is 14.3. The molecule has 0 atom stereocenters. The quantitative estimate of drug-likeness (QED) is 0.479. The Morgan fingerprint density at radius 2 is 1.54 bits per heavy atom. The highest BCUT2D eigenvalue weighted by Crippen LogP contribution is 2.12. The summed E-state index contributed by atoms with van der Waals surface area (Å²) in [5.74, 6) is 1.04. The molecule has 24 heavy (non-hydrogen) atoms. The highest BCUT2D eigenvalue weighted by atomic mass is 15.3. The molecule has 0 aromatic heterocycles. The van der Waals surface area contributed by atoms with Crippen molar-refractivity contribution >= 4 is 11.6 Å². The van der Waals surface area contributed by atoms with Crippen LogP contribution in [0.1, 0.15) is 31.2 Å². The van der Waals surface area contributed by atoms with Crippen LogP contribution in [0.15, 0.2) is 65.7 Å². The number of hydrogen-bond acceptors (Lipinski definition) is 1. The summed E-state index contributed by atoms with van der Waals surface area (Å²) in [5.41, 5.74) is 2.54. The summed E-state index contributed by atoms with van der Waals surface area (Å²) >= 11 is 0. The molecule has 1 N–H and O–H groups in total. The molecular weight excluding hydrogens is 294 g/mol. The van der Waals surface area contributed by atoms with Crippen LogP contribution in [0.2, 0.25) is 0 Å². The van der Waals surface area contributed by atoms with Crippen molar-refractivity contribution in [3.05, 3.63) is 66.2 Å². The summed E-state index contributed by atoms with van der Waals surface area (Å²) < 4.78 is 0. The Bertz CT molecular complexity index is 616. The number of rotatable bonds is 6. The lowest BCUT2D eigenvalue weighted by atomic mass is 10.1. The van der Waals surface area contributed by atoms with E-state index < -0.39 is 0 Å². The normalized spacial score (nSPS) is 14.8. The first-order valence-electron chi connectivity index (χ1n) is 9.07. The molecule has 3 nitrogen and oxygen atoms in total. The van der Waals surface area contributed by atoms with Gasteiger partial charge in [0.2, 0.25) is 0 Å². The number of para-hydroxylation sites is 1. The van der Waals surface area contributed by atoms with Crippen LogP contribution in [0.5, 0.6) is 0 Å². The van der Waals surface area contributed by atoms with E-state index in [0.717, 1.165) is 44.1 Å². The monoisotopic (exact) mass is 321 g/mol. The van der Waals surface area contributed by atoms with Crippen molar-refractivity contribution in [2.45, 2.75) is 32.1 Å². The second kappa shape index (κ2) is 9.11. The minimum absolute atomic E-state index is 0.887. The first-order chi connectivity index (χ1) is 11.9. The van der Waals surface area contributed by atoms with Gasteiger partial charge in [-0.05, 0) is 49.8 Å². The number of anilines is 1. The first kappa shape index (κ1) is 16.6. The summed E-state index contributed by atoms with van der Waals surface area (Å²) in [6.45, 7) is 3.11. The molecular formula is C21H27N3. The van der Waals surface area contributed by atoms with E-state index in [1.807, 2.05) is 6.07 Å². The van der Waals surface area contributed by atoms with E-state index in [1.54, 1.807) is 0 Å². The summed E-state index contributed by atoms with van der Waals surface area (Å²) in [4.78, 5) is 7.24. The summed E-state index contributed by atoms with van der Waals surface area (Å²) in [5, 5.41) is 3.51. The lowest BCUT2D eigenvalue weighted by Crippen LogP contribution is -2.34. The first-order valence-corrected chi connectivity index (χ1v) is 9.07. The molecule has 3 heteroatoms. The molecule has 3 rings (SSSR count). The molecule has 1 heterocycles. The average Bonchev–Trinajstić information content (AvgIpc) is 3.17. The molecule has 126 valence electrons. The molecule has 0 amide bonds. The van der Waals surface area contributed by atoms with Gasteiger partial charge in [0.15, 0.2) is 5.96 Å². The molecule has 2 aromatic carbocycles. The number of unbranched alkanes of at least 4 members (excludes halogenated alkanes) is 1. The third-order valence-corrected chi connectivity index (χ3v) is 4.41. The molecule has 1 saturated heterocycles. The second-order valence-corrected chi connectivity index (χ2v) is 6.33. The van der Waals surface area contributed by atoms with Gasteiger partial charge in [-0.1, -0.05) is 48.5 Å². The van der Waals surface area contributed by atoms with Gasteiger partial charge < -0.3 is 10.2 Å². The minimum Gasteiger partial charge on any atom is -0.343 e. The van der Waals surface area contributed by atoms with Gasteiger partial charge in [0.25, 0.3) is 0 Å². The predicted molar refractivity (Wildman–Crippen MR) is 103 cm³/mol. The van der Waals surface area contributed by atoms with Gasteiger partial charge in [-0.2, -0.15) is 0 Å². The molecule has 1 fully saturated rings. The number of nitrogens with zero attached hydrogens (tertiary/aromatic N) is 2. The maximum absolute atomic E-state index is 4.86. The molecule has 0 radical (unpaired) electrons. The Hall–Kier alpha value is -2.29. The van der Waals surface area contributed by atoms with Crippen LogP contribution in [-0.2, 0) is 6.42 Å². The number of aryl methyl sites for hydroxylation is 1. The fourth-order valence-corrected chi connectivity index (χ4v) is 3.07. The Kier molecular flexibility index (Phi) is 6.29. The Labute approximate surface area is 145 Å². The van der Waals surface area contributed by atoms with E-state index in [9.17, 15) is 0 Å². The lowest BCUT2D eigenvalue weighted by Gasteiger charge is -2.21. The highest BCUT2D eigenvalue weighted by Gasteiger charge is 2.16. The molecule has 0 aliphatic carbocycles. The molecule has 1 aliphatic rings. The summed E-state index contributed by atoms with van der Waals surface area (Å²) in [6, 6.07) is 21.1. The van der Waals surface area contributed by atoms with Crippen molar-refractivity contribution in [1.82, 2.24) is 4.90 Å². The SMILES string of the molecule is c1ccc(CCCCN=C(Nc2ccccc2)N2CCCC2)cc1. The molecule has 0 unspecified atom stereocenters. The molecule has 0 spiro atoms. The van der Waals surface area contributed by atoms with E-state index in [1.165, 1.54) is 24.8 Å². The van der Waals surface area contributed by atoms with E-state index in [4.69, 9.17) is 4.99 Å². The topological polar surface area (TPSA) is 27.6 Å². The van der Waals surface area contributed by atoms with Gasteiger partial charge in [-0.15, -0.1) is 0 Å². The Morgan fingerprint density at radius 1 is 0.875 bits per heavy atom. The van der Waals surface area contributed by atoms with Gasteiger partial charge in [0.1, 0.15) is 0 Å². The highest BCUT2D eigenvalue weighted by molar-refractivity contribution is 5.93. The Morgan fingerprint density at radius 3 is 2.25 bits per heavy atom. The maximum Gasteiger partial charge on any atom is 0.198 e. The number of likely N-dealkylation sites (tertiary alicyclic amines) is 1. The van der Waals surface area contributed by atoms with Gasteiger partial charge in [-0.3, -0.25) is 4.99 Å². The minimum atomic E-state index is 0.887.